The molecular weight excluding hydrogens is 383 g/mol. The Labute approximate surface area is 154 Å². The number of carbonyl (C=O) groups excluding carboxylic acids is 1. The van der Waals surface area contributed by atoms with Crippen molar-refractivity contribution in [2.75, 3.05) is 11.1 Å². The number of hydrogen-bond acceptors (Lipinski definition) is 4. The highest BCUT2D eigenvalue weighted by atomic mass is 32.2. The molecule has 27 heavy (non-hydrogen) atoms. The van der Waals surface area contributed by atoms with Gasteiger partial charge in [0, 0.05) is 5.69 Å². The van der Waals surface area contributed by atoms with Crippen LogP contribution in [0.4, 0.5) is 18.9 Å². The van der Waals surface area contributed by atoms with E-state index in [1.165, 1.54) is 6.07 Å². The Morgan fingerprint density at radius 2 is 1.70 bits per heavy atom. The molecule has 0 fully saturated rings. The van der Waals surface area contributed by atoms with E-state index in [0.717, 1.165) is 19.1 Å². The summed E-state index contributed by atoms with van der Waals surface area (Å²) in [5.41, 5.74) is -3.00. The van der Waals surface area contributed by atoms with Crippen molar-refractivity contribution >= 4 is 21.4 Å². The molecule has 2 aromatic rings. The van der Waals surface area contributed by atoms with Gasteiger partial charge in [0.25, 0.3) is 5.91 Å². The molecule has 0 aliphatic rings. The third-order valence-electron chi connectivity index (χ3n) is 3.67. The standard InChI is InChI=1S/C18H18F3NO4S/c1-17(24,12-27(25,26)11-13-6-3-2-4-7-13)16(23)22-15-9-5-8-14(10-15)18(19,20)21/h2-10,24H,11-12H2,1H3,(H,22,23)/t17-/m0/s1. The van der Waals surface area contributed by atoms with Crippen molar-refractivity contribution in [3.63, 3.8) is 0 Å². The molecule has 0 bridgehead atoms. The first-order valence-electron chi connectivity index (χ1n) is 7.84. The summed E-state index contributed by atoms with van der Waals surface area (Å²) >= 11 is 0. The number of sulfone groups is 1. The van der Waals surface area contributed by atoms with E-state index in [2.05, 4.69) is 5.32 Å². The minimum Gasteiger partial charge on any atom is -0.379 e. The van der Waals surface area contributed by atoms with Crippen LogP contribution in [0.1, 0.15) is 18.1 Å². The van der Waals surface area contributed by atoms with Crippen molar-refractivity contribution in [3.05, 3.63) is 65.7 Å². The predicted octanol–water partition coefficient (Wildman–Crippen LogP) is 3.01. The summed E-state index contributed by atoms with van der Waals surface area (Å²) in [6, 6.07) is 12.1. The van der Waals surface area contributed by atoms with Crippen LogP contribution in [-0.4, -0.2) is 30.8 Å². The summed E-state index contributed by atoms with van der Waals surface area (Å²) < 4.78 is 62.7. The van der Waals surface area contributed by atoms with Gasteiger partial charge < -0.3 is 10.4 Å². The van der Waals surface area contributed by atoms with Crippen LogP contribution in [0.2, 0.25) is 0 Å². The van der Waals surface area contributed by atoms with Crippen molar-refractivity contribution < 1.29 is 31.5 Å². The van der Waals surface area contributed by atoms with Crippen LogP contribution in [0.25, 0.3) is 0 Å². The van der Waals surface area contributed by atoms with Crippen molar-refractivity contribution in [2.45, 2.75) is 24.5 Å². The van der Waals surface area contributed by atoms with E-state index in [1.54, 1.807) is 30.3 Å². The quantitative estimate of drug-likeness (QED) is 0.780. The second-order valence-electron chi connectivity index (χ2n) is 6.32. The van der Waals surface area contributed by atoms with Gasteiger partial charge in [0.15, 0.2) is 15.4 Å². The van der Waals surface area contributed by atoms with Gasteiger partial charge in [-0.3, -0.25) is 4.79 Å². The SMILES string of the molecule is C[C@](O)(CS(=O)(=O)Cc1ccccc1)C(=O)Nc1cccc(C(F)(F)F)c1. The fourth-order valence-corrected chi connectivity index (χ4v) is 4.20. The van der Waals surface area contributed by atoms with Crippen molar-refractivity contribution in [2.24, 2.45) is 0 Å². The lowest BCUT2D eigenvalue weighted by Crippen LogP contribution is -2.46. The summed E-state index contributed by atoms with van der Waals surface area (Å²) in [4.78, 5) is 12.2. The molecule has 0 aliphatic carbocycles. The lowest BCUT2D eigenvalue weighted by atomic mass is 10.1. The summed E-state index contributed by atoms with van der Waals surface area (Å²) in [5.74, 6) is -2.36. The molecule has 2 aromatic carbocycles. The Morgan fingerprint density at radius 1 is 1.07 bits per heavy atom. The molecule has 9 heteroatoms. The van der Waals surface area contributed by atoms with Gasteiger partial charge in [-0.2, -0.15) is 13.2 Å². The second kappa shape index (κ2) is 7.69. The molecule has 0 saturated carbocycles. The predicted molar refractivity (Wildman–Crippen MR) is 94.6 cm³/mol. The maximum atomic E-state index is 12.7. The van der Waals surface area contributed by atoms with E-state index >= 15 is 0 Å². The maximum Gasteiger partial charge on any atom is 0.416 e. The summed E-state index contributed by atoms with van der Waals surface area (Å²) in [6.07, 6.45) is -4.59. The Kier molecular flexibility index (Phi) is 5.96. The Morgan fingerprint density at radius 3 is 2.30 bits per heavy atom. The van der Waals surface area contributed by atoms with Gasteiger partial charge in [-0.05, 0) is 30.7 Å². The molecule has 1 atom stereocenters. The van der Waals surface area contributed by atoms with Gasteiger partial charge in [0.1, 0.15) is 0 Å². The Hall–Kier alpha value is -2.39. The van der Waals surface area contributed by atoms with Gasteiger partial charge >= 0.3 is 6.18 Å². The number of anilines is 1. The number of nitrogens with one attached hydrogen (secondary N) is 1. The van der Waals surface area contributed by atoms with E-state index in [-0.39, 0.29) is 11.4 Å². The molecule has 0 saturated heterocycles. The number of rotatable bonds is 6. The summed E-state index contributed by atoms with van der Waals surface area (Å²) in [5, 5.41) is 12.4. The normalized spacial score (nSPS) is 14.4. The van der Waals surface area contributed by atoms with Crippen molar-refractivity contribution in [1.29, 1.82) is 0 Å². The summed E-state index contributed by atoms with van der Waals surface area (Å²) in [7, 11) is -3.85. The smallest absolute Gasteiger partial charge is 0.379 e. The van der Waals surface area contributed by atoms with Crippen molar-refractivity contribution in [1.82, 2.24) is 0 Å². The molecule has 0 heterocycles. The lowest BCUT2D eigenvalue weighted by molar-refractivity contribution is -0.137. The molecule has 0 radical (unpaired) electrons. The highest BCUT2D eigenvalue weighted by molar-refractivity contribution is 7.90. The lowest BCUT2D eigenvalue weighted by Gasteiger charge is -2.22. The molecule has 0 aromatic heterocycles. The van der Waals surface area contributed by atoms with Crippen LogP contribution < -0.4 is 5.32 Å². The molecule has 5 nitrogen and oxygen atoms in total. The highest BCUT2D eigenvalue weighted by Crippen LogP contribution is 2.30. The van der Waals surface area contributed by atoms with Gasteiger partial charge in [-0.25, -0.2) is 8.42 Å². The zero-order chi connectivity index (χ0) is 20.3. The molecular formula is C18H18F3NO4S. The number of halogens is 3. The van der Waals surface area contributed by atoms with Gasteiger partial charge in [0.05, 0.1) is 17.1 Å². The van der Waals surface area contributed by atoms with Crippen LogP contribution in [-0.2, 0) is 26.6 Å². The first kappa shape index (κ1) is 20.9. The Balaban J connectivity index is 2.11. The minimum absolute atomic E-state index is 0.199. The van der Waals surface area contributed by atoms with E-state index < -0.39 is 38.8 Å². The topological polar surface area (TPSA) is 83.5 Å². The zero-order valence-electron chi connectivity index (χ0n) is 14.3. The fraction of sp³-hybridized carbons (Fsp3) is 0.278. The summed E-state index contributed by atoms with van der Waals surface area (Å²) in [6.45, 7) is 0.998. The molecule has 2 rings (SSSR count). The van der Waals surface area contributed by atoms with Gasteiger partial charge in [-0.15, -0.1) is 0 Å². The number of hydrogen-bond donors (Lipinski definition) is 2. The van der Waals surface area contributed by atoms with Gasteiger partial charge in [0.2, 0.25) is 0 Å². The second-order valence-corrected chi connectivity index (χ2v) is 8.39. The van der Waals surface area contributed by atoms with E-state index in [4.69, 9.17) is 0 Å². The number of aliphatic hydroxyl groups is 1. The van der Waals surface area contributed by atoms with Crippen LogP contribution in [0.5, 0.6) is 0 Å². The third kappa shape index (κ3) is 6.07. The molecule has 0 unspecified atom stereocenters. The fourth-order valence-electron chi connectivity index (χ4n) is 2.41. The van der Waals surface area contributed by atoms with E-state index in [9.17, 15) is 31.5 Å². The first-order chi connectivity index (χ1) is 12.4. The first-order valence-corrected chi connectivity index (χ1v) is 9.67. The molecule has 146 valence electrons. The minimum atomic E-state index is -4.59. The van der Waals surface area contributed by atoms with Crippen LogP contribution in [0, 0.1) is 0 Å². The molecule has 0 spiro atoms. The number of alkyl halides is 3. The molecule has 0 aliphatic heterocycles. The van der Waals surface area contributed by atoms with E-state index in [1.807, 2.05) is 0 Å². The number of amides is 1. The van der Waals surface area contributed by atoms with Crippen LogP contribution >= 0.6 is 0 Å². The zero-order valence-corrected chi connectivity index (χ0v) is 15.1. The Bertz CT molecular complexity index is 910. The largest absolute Gasteiger partial charge is 0.416 e. The van der Waals surface area contributed by atoms with Gasteiger partial charge in [-0.1, -0.05) is 36.4 Å². The monoisotopic (exact) mass is 401 g/mol. The average molecular weight is 401 g/mol. The van der Waals surface area contributed by atoms with Crippen molar-refractivity contribution in [3.8, 4) is 0 Å². The molecule has 2 N–H and O–H groups in total. The van der Waals surface area contributed by atoms with Crippen LogP contribution in [0.15, 0.2) is 54.6 Å². The van der Waals surface area contributed by atoms with E-state index in [0.29, 0.717) is 11.6 Å². The number of benzene rings is 2. The number of carbonyl (C=O) groups is 1. The van der Waals surface area contributed by atoms with Crippen LogP contribution in [0.3, 0.4) is 0 Å². The molecule has 1 amide bonds. The average Bonchev–Trinajstić information content (AvgIpc) is 2.53. The maximum absolute atomic E-state index is 12.7. The third-order valence-corrected chi connectivity index (χ3v) is 5.44. The highest BCUT2D eigenvalue weighted by Gasteiger charge is 2.36.